The molecule has 0 aliphatic heterocycles. The summed E-state index contributed by atoms with van der Waals surface area (Å²) in [6, 6.07) is 0. The molecule has 0 rings (SSSR count). The van der Waals surface area contributed by atoms with Crippen LogP contribution in [0.4, 0.5) is 0 Å². The summed E-state index contributed by atoms with van der Waals surface area (Å²) in [7, 11) is -3.74. The summed E-state index contributed by atoms with van der Waals surface area (Å²) < 4.78 is 27.8. The molecule has 0 saturated heterocycles. The standard InChI is InChI=1S/C3H8O3S.Na.H/c1-3(2)7(4,5)6;;/h3H,1-2H3,(H,4,5,6);;. The van der Waals surface area contributed by atoms with Gasteiger partial charge in [0.15, 0.2) is 0 Å². The molecule has 5 heteroatoms. The Morgan fingerprint density at radius 2 is 1.50 bits per heavy atom. The minimum atomic E-state index is -3.74. The first kappa shape index (κ1) is 11.7. The second-order valence-corrected chi connectivity index (χ2v) is 3.54. The van der Waals surface area contributed by atoms with E-state index >= 15 is 0 Å². The second-order valence-electron chi connectivity index (χ2n) is 1.56. The first-order valence-corrected chi connectivity index (χ1v) is 3.41. The maximum atomic E-state index is 9.89. The summed E-state index contributed by atoms with van der Waals surface area (Å²) >= 11 is 0. The van der Waals surface area contributed by atoms with Gasteiger partial charge in [-0.15, -0.1) is 0 Å². The summed E-state index contributed by atoms with van der Waals surface area (Å²) in [4.78, 5) is 0. The Kier molecular flexibility index (Phi) is 5.61. The van der Waals surface area contributed by atoms with Crippen molar-refractivity contribution in [2.24, 2.45) is 0 Å². The molecule has 1 N–H and O–H groups in total. The van der Waals surface area contributed by atoms with Gasteiger partial charge in [-0.25, -0.2) is 0 Å². The zero-order chi connectivity index (χ0) is 6.08. The maximum absolute atomic E-state index is 9.89. The van der Waals surface area contributed by atoms with E-state index in [9.17, 15) is 8.42 Å². The summed E-state index contributed by atoms with van der Waals surface area (Å²) in [5, 5.41) is -0.674. The zero-order valence-corrected chi connectivity index (χ0v) is 5.07. The molecule has 0 bridgehead atoms. The van der Waals surface area contributed by atoms with Crippen molar-refractivity contribution in [2.75, 3.05) is 0 Å². The molecule has 0 heterocycles. The molecule has 0 aromatic rings. The van der Waals surface area contributed by atoms with Crippen LogP contribution in [0.3, 0.4) is 0 Å². The van der Waals surface area contributed by atoms with Crippen LogP contribution < -0.4 is 0 Å². The van der Waals surface area contributed by atoms with Gasteiger partial charge in [-0.1, -0.05) is 0 Å². The van der Waals surface area contributed by atoms with Crippen LogP contribution in [0.15, 0.2) is 0 Å². The molecule has 0 saturated carbocycles. The van der Waals surface area contributed by atoms with E-state index in [1.165, 1.54) is 13.8 Å². The summed E-state index contributed by atoms with van der Waals surface area (Å²) in [6.45, 7) is 2.82. The predicted octanol–water partition coefficient (Wildman–Crippen LogP) is -0.366. The summed E-state index contributed by atoms with van der Waals surface area (Å²) in [5.74, 6) is 0. The van der Waals surface area contributed by atoms with E-state index < -0.39 is 15.4 Å². The van der Waals surface area contributed by atoms with Crippen molar-refractivity contribution in [3.8, 4) is 0 Å². The fraction of sp³-hybridized carbons (Fsp3) is 1.00. The SMILES string of the molecule is CC(C)S(=O)(=O)O.[NaH]. The molecule has 0 amide bonds. The Hall–Kier alpha value is 0.910. The van der Waals surface area contributed by atoms with Crippen LogP contribution in [0, 0.1) is 0 Å². The predicted molar refractivity (Wildman–Crippen MR) is 33.8 cm³/mol. The average Bonchev–Trinajstić information content (AvgIpc) is 1.31. The van der Waals surface area contributed by atoms with Crippen LogP contribution in [0.5, 0.6) is 0 Å². The quantitative estimate of drug-likeness (QED) is 0.408. The topological polar surface area (TPSA) is 54.4 Å². The molecule has 0 unspecified atom stereocenters. The van der Waals surface area contributed by atoms with Crippen molar-refractivity contribution < 1.29 is 13.0 Å². The first-order valence-electron chi connectivity index (χ1n) is 1.91. The molecule has 0 aliphatic carbocycles. The Morgan fingerprint density at radius 3 is 1.50 bits per heavy atom. The molecule has 0 radical (unpaired) electrons. The summed E-state index contributed by atoms with van der Waals surface area (Å²) in [6.07, 6.45) is 0. The van der Waals surface area contributed by atoms with Crippen LogP contribution >= 0.6 is 0 Å². The van der Waals surface area contributed by atoms with Gasteiger partial charge in [-0.05, 0) is 13.8 Å². The first-order chi connectivity index (χ1) is 2.94. The average molecular weight is 148 g/mol. The second kappa shape index (κ2) is 3.85. The molecule has 0 fully saturated rings. The third-order valence-electron chi connectivity index (χ3n) is 0.596. The van der Waals surface area contributed by atoms with E-state index in [1.807, 2.05) is 0 Å². The third kappa shape index (κ3) is 5.05. The Morgan fingerprint density at radius 1 is 1.38 bits per heavy atom. The number of hydrogen-bond acceptors (Lipinski definition) is 2. The monoisotopic (exact) mass is 148 g/mol. The van der Waals surface area contributed by atoms with E-state index in [-0.39, 0.29) is 29.6 Å². The molecular formula is C3H9NaO3S. The van der Waals surface area contributed by atoms with Crippen LogP contribution in [0.2, 0.25) is 0 Å². The molecule has 0 spiro atoms. The van der Waals surface area contributed by atoms with Crippen molar-refractivity contribution in [1.29, 1.82) is 0 Å². The van der Waals surface area contributed by atoms with Gasteiger partial charge in [0.05, 0.1) is 5.25 Å². The van der Waals surface area contributed by atoms with Gasteiger partial charge in [0.25, 0.3) is 10.1 Å². The molecule has 0 aromatic carbocycles. The van der Waals surface area contributed by atoms with E-state index in [2.05, 4.69) is 0 Å². The van der Waals surface area contributed by atoms with Gasteiger partial charge < -0.3 is 0 Å². The van der Waals surface area contributed by atoms with Gasteiger partial charge in [-0.3, -0.25) is 4.55 Å². The van der Waals surface area contributed by atoms with Crippen molar-refractivity contribution in [2.45, 2.75) is 19.1 Å². The molecule has 8 heavy (non-hydrogen) atoms. The number of hydrogen-bond donors (Lipinski definition) is 1. The van der Waals surface area contributed by atoms with E-state index in [4.69, 9.17) is 4.55 Å². The van der Waals surface area contributed by atoms with E-state index in [0.29, 0.717) is 0 Å². The molecule has 0 aliphatic rings. The Balaban J connectivity index is 0. The minimum absolute atomic E-state index is 0. The van der Waals surface area contributed by atoms with Crippen LogP contribution in [0.1, 0.15) is 13.8 Å². The fourth-order valence-corrected chi connectivity index (χ4v) is 0. The molecule has 3 nitrogen and oxygen atoms in total. The van der Waals surface area contributed by atoms with Gasteiger partial charge >= 0.3 is 29.6 Å². The van der Waals surface area contributed by atoms with E-state index in [0.717, 1.165) is 0 Å². The van der Waals surface area contributed by atoms with Gasteiger partial charge in [-0.2, -0.15) is 8.42 Å². The van der Waals surface area contributed by atoms with Crippen molar-refractivity contribution >= 4 is 39.7 Å². The van der Waals surface area contributed by atoms with Gasteiger partial charge in [0.2, 0.25) is 0 Å². The molecular weight excluding hydrogens is 139 g/mol. The molecule has 0 aromatic heterocycles. The summed E-state index contributed by atoms with van der Waals surface area (Å²) in [5.41, 5.74) is 0. The molecule has 0 atom stereocenters. The third-order valence-corrected chi connectivity index (χ3v) is 1.79. The Labute approximate surface area is 71.5 Å². The van der Waals surface area contributed by atoms with Crippen LogP contribution in [0.25, 0.3) is 0 Å². The van der Waals surface area contributed by atoms with Gasteiger partial charge in [0.1, 0.15) is 0 Å². The normalized spacial score (nSPS) is 11.0. The van der Waals surface area contributed by atoms with Gasteiger partial charge in [0, 0.05) is 0 Å². The van der Waals surface area contributed by atoms with Crippen LogP contribution in [-0.2, 0) is 10.1 Å². The number of rotatable bonds is 1. The Bertz CT molecular complexity index is 137. The fourth-order valence-electron chi connectivity index (χ4n) is 0. The van der Waals surface area contributed by atoms with Crippen molar-refractivity contribution in [3.05, 3.63) is 0 Å². The van der Waals surface area contributed by atoms with Crippen LogP contribution in [-0.4, -0.2) is 47.8 Å². The molecule has 46 valence electrons. The van der Waals surface area contributed by atoms with Crippen molar-refractivity contribution in [1.82, 2.24) is 0 Å². The van der Waals surface area contributed by atoms with E-state index in [1.54, 1.807) is 0 Å². The van der Waals surface area contributed by atoms with Crippen molar-refractivity contribution in [3.63, 3.8) is 0 Å². The zero-order valence-electron chi connectivity index (χ0n) is 4.25.